The summed E-state index contributed by atoms with van der Waals surface area (Å²) in [6.07, 6.45) is 1.88. The van der Waals surface area contributed by atoms with Crippen LogP contribution in [0, 0.1) is 0 Å². The lowest BCUT2D eigenvalue weighted by atomic mass is 10.0. The number of fused-ring (bicyclic) bond motifs is 1. The molecule has 1 aromatic carbocycles. The van der Waals surface area contributed by atoms with Crippen molar-refractivity contribution in [3.63, 3.8) is 0 Å². The molecule has 1 aliphatic heterocycles. The van der Waals surface area contributed by atoms with E-state index in [1.807, 2.05) is 18.2 Å². The molecule has 1 amide bonds. The highest BCUT2D eigenvalue weighted by Crippen LogP contribution is 2.51. The highest BCUT2D eigenvalue weighted by molar-refractivity contribution is 6.08. The second-order valence-corrected chi connectivity index (χ2v) is 5.33. The summed E-state index contributed by atoms with van der Waals surface area (Å²) in [5.41, 5.74) is 1.64. The third kappa shape index (κ3) is 1.41. The van der Waals surface area contributed by atoms with Gasteiger partial charge in [0.25, 0.3) is 0 Å². The van der Waals surface area contributed by atoms with Crippen LogP contribution >= 0.6 is 0 Å². The lowest BCUT2D eigenvalue weighted by Crippen LogP contribution is -2.53. The number of amides is 1. The number of hydrogen-bond donors (Lipinski definition) is 1. The molecule has 0 saturated heterocycles. The number of benzene rings is 1. The summed E-state index contributed by atoms with van der Waals surface area (Å²) in [6, 6.07) is 6.10. The first kappa shape index (κ1) is 11.4. The smallest absolute Gasteiger partial charge is 0.250 e. The van der Waals surface area contributed by atoms with E-state index in [1.165, 1.54) is 0 Å². The Labute approximate surface area is 107 Å². The highest BCUT2D eigenvalue weighted by Gasteiger charge is 2.58. The molecule has 0 bridgehead atoms. The van der Waals surface area contributed by atoms with E-state index >= 15 is 0 Å². The van der Waals surface area contributed by atoms with Crippen LogP contribution in [-0.2, 0) is 4.79 Å². The van der Waals surface area contributed by atoms with Crippen LogP contribution in [0.4, 0.5) is 11.4 Å². The van der Waals surface area contributed by atoms with Crippen LogP contribution in [0.25, 0.3) is 0 Å². The summed E-state index contributed by atoms with van der Waals surface area (Å²) in [5.74, 6) is 0.959. The minimum atomic E-state index is -0.312. The zero-order valence-electron chi connectivity index (χ0n) is 11.0. The Kier molecular flexibility index (Phi) is 2.30. The van der Waals surface area contributed by atoms with Gasteiger partial charge in [-0.15, -0.1) is 0 Å². The molecule has 1 spiro atoms. The van der Waals surface area contributed by atoms with E-state index in [0.29, 0.717) is 6.04 Å². The first-order valence-corrected chi connectivity index (χ1v) is 6.37. The van der Waals surface area contributed by atoms with Gasteiger partial charge in [-0.25, -0.2) is 0 Å². The van der Waals surface area contributed by atoms with Crippen LogP contribution in [0.15, 0.2) is 18.2 Å². The van der Waals surface area contributed by atoms with Crippen LogP contribution in [-0.4, -0.2) is 24.6 Å². The van der Waals surface area contributed by atoms with Gasteiger partial charge in [0.1, 0.15) is 11.3 Å². The van der Waals surface area contributed by atoms with E-state index in [0.717, 1.165) is 30.0 Å². The number of ether oxygens (including phenoxy) is 1. The van der Waals surface area contributed by atoms with Crippen molar-refractivity contribution in [1.29, 1.82) is 0 Å². The van der Waals surface area contributed by atoms with Gasteiger partial charge in [-0.1, -0.05) is 0 Å². The molecule has 1 aromatic rings. The van der Waals surface area contributed by atoms with Gasteiger partial charge in [0, 0.05) is 12.1 Å². The molecule has 1 N–H and O–H groups in total. The molecule has 2 aliphatic rings. The fraction of sp³-hybridized carbons (Fsp3) is 0.500. The van der Waals surface area contributed by atoms with Gasteiger partial charge in [-0.2, -0.15) is 0 Å². The van der Waals surface area contributed by atoms with Gasteiger partial charge in [0.2, 0.25) is 5.91 Å². The van der Waals surface area contributed by atoms with E-state index in [-0.39, 0.29) is 11.4 Å². The van der Waals surface area contributed by atoms with Crippen molar-refractivity contribution in [2.75, 3.05) is 17.3 Å². The normalized spacial score (nSPS) is 19.8. The monoisotopic (exact) mass is 246 g/mol. The molecular weight excluding hydrogens is 228 g/mol. The zero-order valence-corrected chi connectivity index (χ0v) is 11.0. The number of carbonyl (C=O) groups is 1. The van der Waals surface area contributed by atoms with Gasteiger partial charge in [0.15, 0.2) is 0 Å². The second-order valence-electron chi connectivity index (χ2n) is 5.33. The minimum absolute atomic E-state index is 0.133. The van der Waals surface area contributed by atoms with Gasteiger partial charge in [0.05, 0.1) is 18.5 Å². The lowest BCUT2D eigenvalue weighted by Gasteiger charge is -2.41. The Morgan fingerprint density at radius 3 is 2.67 bits per heavy atom. The van der Waals surface area contributed by atoms with E-state index < -0.39 is 0 Å². The van der Waals surface area contributed by atoms with Crippen molar-refractivity contribution in [1.82, 2.24) is 0 Å². The molecule has 3 rings (SSSR count). The molecular formula is C14H18N2O2. The number of carbonyl (C=O) groups excluding carboxylic acids is 1. The van der Waals surface area contributed by atoms with Crippen LogP contribution in [0.1, 0.15) is 26.7 Å². The second kappa shape index (κ2) is 3.64. The lowest BCUT2D eigenvalue weighted by molar-refractivity contribution is -0.118. The molecule has 0 radical (unpaired) electrons. The number of rotatable bonds is 2. The molecule has 0 unspecified atom stereocenters. The SMILES string of the molecule is COc1ccc2c(c1)N(C(C)C)C1(CC1)C(=O)N2. The molecule has 4 nitrogen and oxygen atoms in total. The van der Waals surface area contributed by atoms with Crippen molar-refractivity contribution in [2.24, 2.45) is 0 Å². The summed E-state index contributed by atoms with van der Waals surface area (Å²) in [4.78, 5) is 14.5. The zero-order chi connectivity index (χ0) is 12.9. The summed E-state index contributed by atoms with van der Waals surface area (Å²) in [6.45, 7) is 4.25. The number of anilines is 2. The maximum atomic E-state index is 12.2. The van der Waals surface area contributed by atoms with E-state index in [2.05, 4.69) is 24.1 Å². The quantitative estimate of drug-likeness (QED) is 0.871. The van der Waals surface area contributed by atoms with E-state index in [4.69, 9.17) is 4.74 Å². The molecule has 1 heterocycles. The van der Waals surface area contributed by atoms with Gasteiger partial charge in [-0.3, -0.25) is 4.79 Å². The number of hydrogen-bond acceptors (Lipinski definition) is 3. The third-order valence-corrected chi connectivity index (χ3v) is 3.84. The largest absolute Gasteiger partial charge is 0.497 e. The summed E-state index contributed by atoms with van der Waals surface area (Å²) >= 11 is 0. The van der Waals surface area contributed by atoms with Gasteiger partial charge in [-0.05, 0) is 38.8 Å². The van der Waals surface area contributed by atoms with E-state index in [1.54, 1.807) is 7.11 Å². The summed E-state index contributed by atoms with van der Waals surface area (Å²) in [5, 5.41) is 3.01. The highest BCUT2D eigenvalue weighted by atomic mass is 16.5. The average Bonchev–Trinajstić information content (AvgIpc) is 3.11. The minimum Gasteiger partial charge on any atom is -0.497 e. The molecule has 96 valence electrons. The third-order valence-electron chi connectivity index (χ3n) is 3.84. The summed E-state index contributed by atoms with van der Waals surface area (Å²) < 4.78 is 5.28. The maximum absolute atomic E-state index is 12.2. The Hall–Kier alpha value is -1.71. The van der Waals surface area contributed by atoms with Crippen molar-refractivity contribution in [3.05, 3.63) is 18.2 Å². The number of methoxy groups -OCH3 is 1. The van der Waals surface area contributed by atoms with Crippen LogP contribution in [0.5, 0.6) is 5.75 Å². The molecule has 1 saturated carbocycles. The first-order chi connectivity index (χ1) is 8.58. The van der Waals surface area contributed by atoms with Crippen molar-refractivity contribution >= 4 is 17.3 Å². The van der Waals surface area contributed by atoms with Crippen LogP contribution < -0.4 is 15.0 Å². The molecule has 1 fully saturated rings. The molecule has 0 atom stereocenters. The topological polar surface area (TPSA) is 41.6 Å². The standard InChI is InChI=1S/C14H18N2O2/c1-9(2)16-12-8-10(18-3)4-5-11(12)15-13(17)14(16)6-7-14/h4-5,8-9H,6-7H2,1-3H3,(H,15,17). The predicted octanol–water partition coefficient (Wildman–Crippen LogP) is 2.39. The first-order valence-electron chi connectivity index (χ1n) is 6.37. The van der Waals surface area contributed by atoms with E-state index in [9.17, 15) is 4.79 Å². The average molecular weight is 246 g/mol. The Balaban J connectivity index is 2.13. The molecule has 18 heavy (non-hydrogen) atoms. The fourth-order valence-electron chi connectivity index (χ4n) is 2.88. The summed E-state index contributed by atoms with van der Waals surface area (Å²) in [7, 11) is 1.66. The number of nitrogens with zero attached hydrogens (tertiary/aromatic N) is 1. The Bertz CT molecular complexity index is 507. The van der Waals surface area contributed by atoms with Gasteiger partial charge < -0.3 is 15.0 Å². The number of nitrogens with one attached hydrogen (secondary N) is 1. The van der Waals surface area contributed by atoms with Crippen molar-refractivity contribution in [3.8, 4) is 5.75 Å². The maximum Gasteiger partial charge on any atom is 0.250 e. The fourth-order valence-corrected chi connectivity index (χ4v) is 2.88. The van der Waals surface area contributed by atoms with Gasteiger partial charge >= 0.3 is 0 Å². The van der Waals surface area contributed by atoms with Crippen molar-refractivity contribution < 1.29 is 9.53 Å². The molecule has 1 aliphatic carbocycles. The van der Waals surface area contributed by atoms with Crippen molar-refractivity contribution in [2.45, 2.75) is 38.3 Å². The predicted molar refractivity (Wildman–Crippen MR) is 71.2 cm³/mol. The Morgan fingerprint density at radius 2 is 2.11 bits per heavy atom. The van der Waals surface area contributed by atoms with Crippen LogP contribution in [0.3, 0.4) is 0 Å². The van der Waals surface area contributed by atoms with Crippen LogP contribution in [0.2, 0.25) is 0 Å². The molecule has 0 aromatic heterocycles. The molecule has 4 heteroatoms. The Morgan fingerprint density at radius 1 is 1.39 bits per heavy atom.